The average molecular weight is 503 g/mol. The summed E-state index contributed by atoms with van der Waals surface area (Å²) in [4.78, 5) is 30.1. The lowest BCUT2D eigenvalue weighted by molar-refractivity contribution is -0.150. The minimum absolute atomic E-state index is 0.141. The van der Waals surface area contributed by atoms with Gasteiger partial charge in [0.05, 0.1) is 28.8 Å². The van der Waals surface area contributed by atoms with Gasteiger partial charge >= 0.3 is 0 Å². The zero-order chi connectivity index (χ0) is 26.7. The van der Waals surface area contributed by atoms with E-state index in [9.17, 15) is 15.2 Å². The third kappa shape index (κ3) is 4.88. The molecule has 0 saturated carbocycles. The Kier molecular flexibility index (Phi) is 7.22. The predicted octanol–water partition coefficient (Wildman–Crippen LogP) is 3.18. The first-order chi connectivity index (χ1) is 17.8. The van der Waals surface area contributed by atoms with E-state index < -0.39 is 5.60 Å². The maximum Gasteiger partial charge on any atom is 0.254 e. The minimum atomic E-state index is -1.43. The summed E-state index contributed by atoms with van der Waals surface area (Å²) in [5.74, 6) is 1.48. The molecule has 5 rings (SSSR count). The summed E-state index contributed by atoms with van der Waals surface area (Å²) in [6.45, 7) is 10.5. The van der Waals surface area contributed by atoms with Gasteiger partial charge in [0.15, 0.2) is 11.4 Å². The molecule has 0 bridgehead atoms. The zero-order valence-corrected chi connectivity index (χ0v) is 21.6. The van der Waals surface area contributed by atoms with Crippen LogP contribution in [0.2, 0.25) is 0 Å². The van der Waals surface area contributed by atoms with E-state index in [1.807, 2.05) is 27.0 Å². The van der Waals surface area contributed by atoms with Gasteiger partial charge in [0, 0.05) is 44.1 Å². The van der Waals surface area contributed by atoms with E-state index in [2.05, 4.69) is 31.1 Å². The number of nitrogens with zero attached hydrogens (tertiary/aromatic N) is 8. The second kappa shape index (κ2) is 10.4. The van der Waals surface area contributed by atoms with Crippen molar-refractivity contribution in [2.75, 3.05) is 24.5 Å². The zero-order valence-electron chi connectivity index (χ0n) is 21.6. The van der Waals surface area contributed by atoms with Gasteiger partial charge in [-0.1, -0.05) is 19.0 Å². The number of carbonyl (C=O) groups is 1. The van der Waals surface area contributed by atoms with Crippen molar-refractivity contribution in [1.82, 2.24) is 29.6 Å². The van der Waals surface area contributed by atoms with Crippen molar-refractivity contribution in [3.63, 3.8) is 0 Å². The molecule has 1 atom stereocenters. The highest BCUT2D eigenvalue weighted by atomic mass is 16.5. The van der Waals surface area contributed by atoms with E-state index in [1.165, 1.54) is 20.2 Å². The van der Waals surface area contributed by atoms with E-state index in [4.69, 9.17) is 4.52 Å². The molecular formula is C26H30N8O3. The highest BCUT2D eigenvalue weighted by Gasteiger charge is 2.36. The summed E-state index contributed by atoms with van der Waals surface area (Å²) in [5.41, 5.74) is 0.389. The number of aromatic nitrogens is 5. The number of amides is 1. The lowest BCUT2D eigenvalue weighted by Gasteiger charge is -2.42. The van der Waals surface area contributed by atoms with Crippen LogP contribution in [0.1, 0.15) is 40.2 Å². The monoisotopic (exact) mass is 502 g/mol. The van der Waals surface area contributed by atoms with Gasteiger partial charge in [-0.15, -0.1) is 0 Å². The standard InChI is InChI=1S/C24H24N8O3.C2H6/c1-15-12-30(8-9-31(15)23(33)24(2,3)34)21-20-17(18-5-7-29-35-18)13-32(22(20)28-14-27-21)19-10-16(11-25)4-6-26-19;1-2/h4-7,10,13-15,34H,8-9,12H2,1-3H3;1-2H3. The van der Waals surface area contributed by atoms with Gasteiger partial charge in [-0.25, -0.2) is 15.0 Å². The lowest BCUT2D eigenvalue weighted by Crippen LogP contribution is -2.58. The van der Waals surface area contributed by atoms with Gasteiger partial charge in [0.25, 0.3) is 5.91 Å². The third-order valence-corrected chi connectivity index (χ3v) is 6.10. The van der Waals surface area contributed by atoms with E-state index in [-0.39, 0.29) is 11.9 Å². The highest BCUT2D eigenvalue weighted by Crippen LogP contribution is 2.37. The number of pyridine rings is 1. The molecule has 192 valence electrons. The molecule has 0 aromatic carbocycles. The van der Waals surface area contributed by atoms with Crippen LogP contribution in [-0.4, -0.2) is 71.9 Å². The fraction of sp³-hybridized carbons (Fsp3) is 0.385. The molecule has 4 aromatic rings. The molecule has 1 amide bonds. The molecule has 11 heteroatoms. The summed E-state index contributed by atoms with van der Waals surface area (Å²) >= 11 is 0. The smallest absolute Gasteiger partial charge is 0.254 e. The number of hydrogen-bond donors (Lipinski definition) is 1. The van der Waals surface area contributed by atoms with Crippen LogP contribution in [-0.2, 0) is 4.79 Å². The summed E-state index contributed by atoms with van der Waals surface area (Å²) in [6.07, 6.45) is 6.49. The summed E-state index contributed by atoms with van der Waals surface area (Å²) in [6, 6.07) is 7.09. The fourth-order valence-electron chi connectivity index (χ4n) is 4.42. The molecule has 5 heterocycles. The maximum atomic E-state index is 12.7. The minimum Gasteiger partial charge on any atom is -0.381 e. The Bertz CT molecular complexity index is 1430. The van der Waals surface area contributed by atoms with Crippen molar-refractivity contribution in [1.29, 1.82) is 5.26 Å². The molecule has 37 heavy (non-hydrogen) atoms. The van der Waals surface area contributed by atoms with E-state index in [0.29, 0.717) is 48.2 Å². The van der Waals surface area contributed by atoms with Crippen LogP contribution in [0.3, 0.4) is 0 Å². The fourth-order valence-corrected chi connectivity index (χ4v) is 4.42. The Hall–Kier alpha value is -4.30. The van der Waals surface area contributed by atoms with E-state index in [1.54, 1.807) is 40.1 Å². The molecule has 1 unspecified atom stereocenters. The van der Waals surface area contributed by atoms with E-state index in [0.717, 1.165) is 10.9 Å². The Balaban J connectivity index is 0.00000156. The SMILES string of the molecule is CC.CC1CN(c2ncnc3c2c(-c2ccno2)cn3-c2cc(C#N)ccn2)CCN1C(=O)C(C)(C)O. The second-order valence-electron chi connectivity index (χ2n) is 9.05. The molecule has 0 radical (unpaired) electrons. The molecule has 11 nitrogen and oxygen atoms in total. The number of nitriles is 1. The van der Waals surface area contributed by atoms with Crippen molar-refractivity contribution in [3.05, 3.63) is 48.7 Å². The van der Waals surface area contributed by atoms with Gasteiger partial charge in [-0.2, -0.15) is 5.26 Å². The molecule has 1 aliphatic heterocycles. The molecular weight excluding hydrogens is 472 g/mol. The Labute approximate surface area is 215 Å². The molecule has 1 saturated heterocycles. The van der Waals surface area contributed by atoms with Crippen LogP contribution >= 0.6 is 0 Å². The highest BCUT2D eigenvalue weighted by molar-refractivity contribution is 6.01. The molecule has 0 spiro atoms. The summed E-state index contributed by atoms with van der Waals surface area (Å²) < 4.78 is 7.28. The van der Waals surface area contributed by atoms with Crippen molar-refractivity contribution >= 4 is 22.8 Å². The normalized spacial score (nSPS) is 15.8. The topological polar surface area (TPSA) is 137 Å². The average Bonchev–Trinajstić information content (AvgIpc) is 3.57. The van der Waals surface area contributed by atoms with Crippen LogP contribution < -0.4 is 4.90 Å². The Morgan fingerprint density at radius 3 is 2.62 bits per heavy atom. The summed E-state index contributed by atoms with van der Waals surface area (Å²) in [7, 11) is 0. The quantitative estimate of drug-likeness (QED) is 0.446. The first-order valence-electron chi connectivity index (χ1n) is 12.2. The first kappa shape index (κ1) is 25.8. The van der Waals surface area contributed by atoms with Gasteiger partial charge in [-0.05, 0) is 32.9 Å². The van der Waals surface area contributed by atoms with Crippen LogP contribution in [0.15, 0.2) is 47.6 Å². The molecule has 4 aromatic heterocycles. The number of piperazine rings is 1. The van der Waals surface area contributed by atoms with Crippen molar-refractivity contribution in [2.45, 2.75) is 46.3 Å². The maximum absolute atomic E-state index is 12.7. The number of rotatable bonds is 4. The van der Waals surface area contributed by atoms with Crippen molar-refractivity contribution < 1.29 is 14.4 Å². The Morgan fingerprint density at radius 2 is 1.97 bits per heavy atom. The van der Waals surface area contributed by atoms with Crippen molar-refractivity contribution in [2.24, 2.45) is 0 Å². The molecule has 0 aliphatic carbocycles. The van der Waals surface area contributed by atoms with Gasteiger partial charge in [-0.3, -0.25) is 9.36 Å². The third-order valence-electron chi connectivity index (χ3n) is 6.10. The van der Waals surface area contributed by atoms with Crippen LogP contribution in [0.5, 0.6) is 0 Å². The molecule has 1 fully saturated rings. The number of anilines is 1. The number of aliphatic hydroxyl groups is 1. The Morgan fingerprint density at radius 1 is 1.19 bits per heavy atom. The van der Waals surface area contributed by atoms with Crippen LogP contribution in [0.25, 0.3) is 28.2 Å². The molecule has 1 aliphatic rings. The van der Waals surface area contributed by atoms with Crippen LogP contribution in [0, 0.1) is 11.3 Å². The van der Waals surface area contributed by atoms with Gasteiger partial charge in [0.2, 0.25) is 0 Å². The van der Waals surface area contributed by atoms with Gasteiger partial charge < -0.3 is 19.4 Å². The van der Waals surface area contributed by atoms with Crippen molar-refractivity contribution in [3.8, 4) is 23.2 Å². The molecule has 1 N–H and O–H groups in total. The van der Waals surface area contributed by atoms with Gasteiger partial charge in [0.1, 0.15) is 23.6 Å². The summed E-state index contributed by atoms with van der Waals surface area (Å²) in [5, 5.41) is 24.2. The van der Waals surface area contributed by atoms with Crippen LogP contribution in [0.4, 0.5) is 5.82 Å². The van der Waals surface area contributed by atoms with E-state index >= 15 is 0 Å². The number of fused-ring (bicyclic) bond motifs is 1. The largest absolute Gasteiger partial charge is 0.381 e. The predicted molar refractivity (Wildman–Crippen MR) is 138 cm³/mol. The lowest BCUT2D eigenvalue weighted by atomic mass is 10.0. The second-order valence-corrected chi connectivity index (χ2v) is 9.05. The first-order valence-corrected chi connectivity index (χ1v) is 12.2. The number of carbonyl (C=O) groups excluding carboxylic acids is 1. The number of hydrogen-bond acceptors (Lipinski definition) is 9.